The number of amides is 2. The van der Waals surface area contributed by atoms with Crippen LogP contribution in [0.25, 0.3) is 10.9 Å². The Hall–Kier alpha value is -2.23. The third kappa shape index (κ3) is 2.94. The van der Waals surface area contributed by atoms with E-state index in [1.54, 1.807) is 0 Å². The molecule has 2 N–H and O–H groups in total. The molecule has 2 heterocycles. The highest BCUT2D eigenvalue weighted by Gasteiger charge is 2.24. The molecule has 1 atom stereocenters. The van der Waals surface area contributed by atoms with Crippen LogP contribution in [0.5, 0.6) is 0 Å². The van der Waals surface area contributed by atoms with E-state index in [2.05, 4.69) is 29.4 Å². The van der Waals surface area contributed by atoms with Crippen LogP contribution in [-0.4, -0.2) is 28.5 Å². The number of aromatic amines is 1. The number of hydrogen-bond acceptors (Lipinski definition) is 1. The van der Waals surface area contributed by atoms with Gasteiger partial charge in [0, 0.05) is 29.3 Å². The van der Waals surface area contributed by atoms with Crippen LogP contribution in [0, 0.1) is 0 Å². The lowest BCUT2D eigenvalue weighted by molar-refractivity contribution is 0.208. The van der Waals surface area contributed by atoms with Crippen molar-refractivity contribution in [2.75, 3.05) is 11.9 Å². The Labute approximate surface area is 124 Å². The molecule has 1 aliphatic rings. The molecular weight excluding hydrogens is 262 g/mol. The van der Waals surface area contributed by atoms with Crippen molar-refractivity contribution in [3.63, 3.8) is 0 Å². The molecule has 0 saturated heterocycles. The highest BCUT2D eigenvalue weighted by Crippen LogP contribution is 2.20. The van der Waals surface area contributed by atoms with Crippen molar-refractivity contribution in [3.8, 4) is 0 Å². The van der Waals surface area contributed by atoms with Crippen LogP contribution in [0.2, 0.25) is 0 Å². The van der Waals surface area contributed by atoms with E-state index in [4.69, 9.17) is 0 Å². The molecule has 2 aromatic rings. The van der Waals surface area contributed by atoms with E-state index in [0.29, 0.717) is 6.54 Å². The number of hydrogen-bond donors (Lipinski definition) is 2. The summed E-state index contributed by atoms with van der Waals surface area (Å²) in [6.07, 6.45) is 9.47. The molecule has 0 spiro atoms. The van der Waals surface area contributed by atoms with Gasteiger partial charge >= 0.3 is 6.03 Å². The minimum Gasteiger partial charge on any atom is -0.361 e. The fourth-order valence-corrected chi connectivity index (χ4v) is 2.80. The van der Waals surface area contributed by atoms with Crippen LogP contribution in [0.3, 0.4) is 0 Å². The number of nitrogens with zero attached hydrogens (tertiary/aromatic N) is 1. The van der Waals surface area contributed by atoms with Gasteiger partial charge in [0.2, 0.25) is 0 Å². The van der Waals surface area contributed by atoms with Gasteiger partial charge in [0.05, 0.1) is 6.04 Å². The SMILES string of the molecule is CCCCC1C=CCN1C(=O)Nc1ccc2[nH]ccc2c1. The molecule has 0 bridgehead atoms. The molecule has 0 fully saturated rings. The number of anilines is 1. The van der Waals surface area contributed by atoms with Crippen LogP contribution >= 0.6 is 0 Å². The number of H-pyrrole nitrogens is 1. The van der Waals surface area contributed by atoms with Crippen LogP contribution < -0.4 is 5.32 Å². The Kier molecular flexibility index (Phi) is 3.95. The number of aromatic nitrogens is 1. The van der Waals surface area contributed by atoms with Crippen LogP contribution in [0.4, 0.5) is 10.5 Å². The summed E-state index contributed by atoms with van der Waals surface area (Å²) in [5.74, 6) is 0. The molecule has 1 unspecified atom stereocenters. The summed E-state index contributed by atoms with van der Waals surface area (Å²) < 4.78 is 0. The van der Waals surface area contributed by atoms with Gasteiger partial charge < -0.3 is 15.2 Å². The highest BCUT2D eigenvalue weighted by molar-refractivity contribution is 5.93. The zero-order chi connectivity index (χ0) is 14.7. The van der Waals surface area contributed by atoms with Crippen molar-refractivity contribution in [1.82, 2.24) is 9.88 Å². The number of benzene rings is 1. The van der Waals surface area contributed by atoms with Gasteiger partial charge in [-0.1, -0.05) is 31.9 Å². The Morgan fingerprint density at radius 1 is 1.43 bits per heavy atom. The fourth-order valence-electron chi connectivity index (χ4n) is 2.80. The summed E-state index contributed by atoms with van der Waals surface area (Å²) in [6, 6.07) is 8.14. The van der Waals surface area contributed by atoms with E-state index < -0.39 is 0 Å². The zero-order valence-corrected chi connectivity index (χ0v) is 12.3. The van der Waals surface area contributed by atoms with Crippen molar-refractivity contribution in [1.29, 1.82) is 0 Å². The normalized spacial score (nSPS) is 17.6. The van der Waals surface area contributed by atoms with E-state index in [9.17, 15) is 4.79 Å². The fraction of sp³-hybridized carbons (Fsp3) is 0.353. The van der Waals surface area contributed by atoms with Crippen molar-refractivity contribution < 1.29 is 4.79 Å². The average Bonchev–Trinajstić information content (AvgIpc) is 3.13. The first-order valence-electron chi connectivity index (χ1n) is 7.59. The second-order valence-corrected chi connectivity index (χ2v) is 5.50. The summed E-state index contributed by atoms with van der Waals surface area (Å²) >= 11 is 0. The molecule has 0 aliphatic carbocycles. The van der Waals surface area contributed by atoms with E-state index >= 15 is 0 Å². The number of nitrogens with one attached hydrogen (secondary N) is 2. The number of unbranched alkanes of at least 4 members (excludes halogenated alkanes) is 1. The molecule has 110 valence electrons. The number of carbonyl (C=O) groups excluding carboxylic acids is 1. The summed E-state index contributed by atoms with van der Waals surface area (Å²) in [6.45, 7) is 2.88. The predicted octanol–water partition coefficient (Wildman–Crippen LogP) is 4.13. The second-order valence-electron chi connectivity index (χ2n) is 5.50. The summed E-state index contributed by atoms with van der Waals surface area (Å²) in [7, 11) is 0. The van der Waals surface area contributed by atoms with Gasteiger partial charge in [-0.3, -0.25) is 0 Å². The van der Waals surface area contributed by atoms with Gasteiger partial charge in [-0.25, -0.2) is 4.79 Å². The largest absolute Gasteiger partial charge is 0.361 e. The lowest BCUT2D eigenvalue weighted by Gasteiger charge is -2.24. The molecule has 4 nitrogen and oxygen atoms in total. The summed E-state index contributed by atoms with van der Waals surface area (Å²) in [4.78, 5) is 17.5. The van der Waals surface area contributed by atoms with Gasteiger partial charge in [0.1, 0.15) is 0 Å². The molecule has 1 aliphatic heterocycles. The molecule has 2 amide bonds. The van der Waals surface area contributed by atoms with Gasteiger partial charge in [-0.15, -0.1) is 0 Å². The van der Waals surface area contributed by atoms with E-state index in [1.165, 1.54) is 0 Å². The zero-order valence-electron chi connectivity index (χ0n) is 12.3. The highest BCUT2D eigenvalue weighted by atomic mass is 16.2. The molecule has 21 heavy (non-hydrogen) atoms. The Bertz CT molecular complexity index is 659. The number of rotatable bonds is 4. The van der Waals surface area contributed by atoms with Gasteiger partial charge in [-0.05, 0) is 30.7 Å². The Balaban J connectivity index is 1.67. The van der Waals surface area contributed by atoms with Gasteiger partial charge in [0.25, 0.3) is 0 Å². The van der Waals surface area contributed by atoms with Crippen LogP contribution in [0.15, 0.2) is 42.6 Å². The second kappa shape index (κ2) is 6.04. The summed E-state index contributed by atoms with van der Waals surface area (Å²) in [5.41, 5.74) is 1.92. The maximum absolute atomic E-state index is 12.4. The third-order valence-corrected chi connectivity index (χ3v) is 3.98. The molecule has 1 aromatic carbocycles. The quantitative estimate of drug-likeness (QED) is 0.814. The van der Waals surface area contributed by atoms with E-state index in [0.717, 1.165) is 35.9 Å². The summed E-state index contributed by atoms with van der Waals surface area (Å²) in [5, 5.41) is 4.11. The van der Waals surface area contributed by atoms with Gasteiger partial charge in [-0.2, -0.15) is 0 Å². The maximum atomic E-state index is 12.4. The predicted molar refractivity (Wildman–Crippen MR) is 86.5 cm³/mol. The topological polar surface area (TPSA) is 48.1 Å². The standard InChI is InChI=1S/C17H21N3O/c1-2-3-5-15-6-4-11-20(15)17(21)19-14-7-8-16-13(12-14)9-10-18-16/h4,6-10,12,15,18H,2-3,5,11H2,1H3,(H,19,21). The van der Waals surface area contributed by atoms with E-state index in [1.807, 2.05) is 35.4 Å². The molecule has 0 radical (unpaired) electrons. The first-order valence-corrected chi connectivity index (χ1v) is 7.59. The number of carbonyl (C=O) groups is 1. The first-order chi connectivity index (χ1) is 10.3. The van der Waals surface area contributed by atoms with Crippen molar-refractivity contribution in [2.24, 2.45) is 0 Å². The third-order valence-electron chi connectivity index (χ3n) is 3.98. The molecular formula is C17H21N3O. The number of fused-ring (bicyclic) bond motifs is 1. The monoisotopic (exact) mass is 283 g/mol. The number of urea groups is 1. The Morgan fingerprint density at radius 2 is 2.33 bits per heavy atom. The lowest BCUT2D eigenvalue weighted by atomic mass is 10.1. The minimum atomic E-state index is -0.0176. The minimum absolute atomic E-state index is 0.0176. The molecule has 4 heteroatoms. The Morgan fingerprint density at radius 3 is 3.19 bits per heavy atom. The van der Waals surface area contributed by atoms with Gasteiger partial charge in [0.15, 0.2) is 0 Å². The van der Waals surface area contributed by atoms with Crippen molar-refractivity contribution in [3.05, 3.63) is 42.6 Å². The van der Waals surface area contributed by atoms with Crippen LogP contribution in [-0.2, 0) is 0 Å². The average molecular weight is 283 g/mol. The van der Waals surface area contributed by atoms with Crippen LogP contribution in [0.1, 0.15) is 26.2 Å². The smallest absolute Gasteiger partial charge is 0.322 e. The van der Waals surface area contributed by atoms with Crippen molar-refractivity contribution in [2.45, 2.75) is 32.2 Å². The first kappa shape index (κ1) is 13.7. The lowest BCUT2D eigenvalue weighted by Crippen LogP contribution is -2.39. The maximum Gasteiger partial charge on any atom is 0.322 e. The molecule has 3 rings (SSSR count). The van der Waals surface area contributed by atoms with E-state index in [-0.39, 0.29) is 12.1 Å². The molecule has 0 saturated carbocycles. The van der Waals surface area contributed by atoms with Crippen molar-refractivity contribution >= 4 is 22.6 Å². The molecule has 1 aromatic heterocycles.